The summed E-state index contributed by atoms with van der Waals surface area (Å²) in [6.07, 6.45) is 4.09. The Morgan fingerprint density at radius 1 is 1.15 bits per heavy atom. The molecular weight excluding hydrogens is 420 g/mol. The average Bonchev–Trinajstić information content (AvgIpc) is 3.53. The molecule has 2 aliphatic rings. The van der Waals surface area contributed by atoms with E-state index in [2.05, 4.69) is 27.7 Å². The van der Waals surface area contributed by atoms with Crippen LogP contribution in [0.3, 0.4) is 0 Å². The molecule has 2 aliphatic heterocycles. The van der Waals surface area contributed by atoms with E-state index in [9.17, 15) is 14.9 Å². The quantitative estimate of drug-likeness (QED) is 0.314. The van der Waals surface area contributed by atoms with E-state index < -0.39 is 4.92 Å². The van der Waals surface area contributed by atoms with Crippen molar-refractivity contribution in [2.75, 3.05) is 23.7 Å². The number of benzene rings is 2. The molecule has 0 bridgehead atoms. The fourth-order valence-electron chi connectivity index (χ4n) is 4.47. The largest absolute Gasteiger partial charge is 0.469 e. The minimum atomic E-state index is -0.475. The summed E-state index contributed by atoms with van der Waals surface area (Å²) < 4.78 is 5.51. The van der Waals surface area contributed by atoms with Gasteiger partial charge in [0.15, 0.2) is 0 Å². The van der Waals surface area contributed by atoms with Crippen molar-refractivity contribution in [3.63, 3.8) is 0 Å². The summed E-state index contributed by atoms with van der Waals surface area (Å²) in [6, 6.07) is 14.4. The fourth-order valence-corrected chi connectivity index (χ4v) is 4.47. The number of nitro groups is 1. The van der Waals surface area contributed by atoms with E-state index >= 15 is 0 Å². The first-order valence-electron chi connectivity index (χ1n) is 11.0. The second kappa shape index (κ2) is 8.55. The van der Waals surface area contributed by atoms with E-state index in [1.165, 1.54) is 30.5 Å². The molecule has 33 heavy (non-hydrogen) atoms. The lowest BCUT2D eigenvalue weighted by atomic mass is 10.00. The number of nitrogens with one attached hydrogen (secondary N) is 2. The molecule has 1 saturated heterocycles. The van der Waals surface area contributed by atoms with Crippen LogP contribution in [0.2, 0.25) is 0 Å². The van der Waals surface area contributed by atoms with E-state index in [4.69, 9.17) is 4.42 Å². The number of amides is 1. The van der Waals surface area contributed by atoms with Crippen LogP contribution in [0.25, 0.3) is 11.3 Å². The first-order valence-corrected chi connectivity index (χ1v) is 11.0. The Morgan fingerprint density at radius 2 is 1.91 bits per heavy atom. The molecule has 5 rings (SSSR count). The summed E-state index contributed by atoms with van der Waals surface area (Å²) in [5.41, 5.74) is 4.82. The molecule has 0 saturated carbocycles. The van der Waals surface area contributed by atoms with Crippen LogP contribution >= 0.6 is 0 Å². The molecule has 1 amide bonds. The summed E-state index contributed by atoms with van der Waals surface area (Å²) in [5.74, 6) is 0.345. The lowest BCUT2D eigenvalue weighted by Gasteiger charge is -2.16. The van der Waals surface area contributed by atoms with Gasteiger partial charge in [0, 0.05) is 35.5 Å². The zero-order chi connectivity index (χ0) is 22.9. The van der Waals surface area contributed by atoms with Crippen molar-refractivity contribution in [3.8, 4) is 0 Å². The predicted octanol–water partition coefficient (Wildman–Crippen LogP) is 5.02. The van der Waals surface area contributed by atoms with E-state index in [1.807, 2.05) is 25.1 Å². The van der Waals surface area contributed by atoms with Crippen molar-refractivity contribution < 1.29 is 14.1 Å². The summed E-state index contributed by atoms with van der Waals surface area (Å²) in [5, 5.41) is 17.3. The summed E-state index contributed by atoms with van der Waals surface area (Å²) in [7, 11) is 0. The molecule has 2 N–H and O–H groups in total. The van der Waals surface area contributed by atoms with Crippen LogP contribution in [0.1, 0.15) is 35.3 Å². The fraction of sp³-hybridized carbons (Fsp3) is 0.240. The van der Waals surface area contributed by atoms with Crippen LogP contribution < -0.4 is 10.6 Å². The Balaban J connectivity index is 1.52. The first-order chi connectivity index (χ1) is 16.0. The van der Waals surface area contributed by atoms with Gasteiger partial charge in [0.2, 0.25) is 0 Å². The Bertz CT molecular complexity index is 1250. The van der Waals surface area contributed by atoms with E-state index in [0.29, 0.717) is 28.3 Å². The highest BCUT2D eigenvalue weighted by atomic mass is 16.6. The molecule has 0 atom stereocenters. The SMILES string of the molecule is Cc1occc1/C(Nc1ccc(CN2CCCC2)cc1)=C1/C(=O)Nc2cc([N+](=O)[O-])ccc21. The third-order valence-corrected chi connectivity index (χ3v) is 6.16. The molecule has 1 aromatic heterocycles. The lowest BCUT2D eigenvalue weighted by molar-refractivity contribution is -0.384. The van der Waals surface area contributed by atoms with Crippen molar-refractivity contribution >= 4 is 34.2 Å². The van der Waals surface area contributed by atoms with Crippen LogP contribution in [-0.4, -0.2) is 28.8 Å². The maximum absolute atomic E-state index is 13.0. The van der Waals surface area contributed by atoms with Crippen LogP contribution in [0.4, 0.5) is 17.1 Å². The number of carbonyl (C=O) groups excluding carboxylic acids is 1. The van der Waals surface area contributed by atoms with Crippen molar-refractivity contribution in [2.24, 2.45) is 0 Å². The van der Waals surface area contributed by atoms with Gasteiger partial charge in [-0.25, -0.2) is 0 Å². The second-order valence-corrected chi connectivity index (χ2v) is 8.39. The number of carbonyl (C=O) groups is 1. The number of hydrogen-bond acceptors (Lipinski definition) is 6. The van der Waals surface area contributed by atoms with E-state index in [0.717, 1.165) is 30.9 Å². The molecule has 0 radical (unpaired) electrons. The highest BCUT2D eigenvalue weighted by molar-refractivity contribution is 6.37. The minimum absolute atomic E-state index is 0.0714. The lowest BCUT2D eigenvalue weighted by Crippen LogP contribution is -2.18. The standard InChI is InChI=1S/C25H24N4O4/c1-16-20(10-13-33-16)24(23-21-9-8-19(29(31)32)14-22(21)27-25(23)30)26-18-6-4-17(5-7-18)15-28-11-2-3-12-28/h4-10,13-14,26H,2-3,11-12,15H2,1H3,(H,27,30)/b24-23-. The van der Waals surface area contributed by atoms with Gasteiger partial charge < -0.3 is 15.1 Å². The second-order valence-electron chi connectivity index (χ2n) is 8.39. The summed E-state index contributed by atoms with van der Waals surface area (Å²) in [6.45, 7) is 5.05. The van der Waals surface area contributed by atoms with Crippen molar-refractivity contribution in [3.05, 3.63) is 87.4 Å². The molecule has 8 nitrogen and oxygen atoms in total. The van der Waals surface area contributed by atoms with Crippen molar-refractivity contribution in [2.45, 2.75) is 26.3 Å². The molecule has 0 unspecified atom stereocenters. The molecular formula is C25H24N4O4. The molecule has 2 aromatic carbocycles. The minimum Gasteiger partial charge on any atom is -0.469 e. The van der Waals surface area contributed by atoms with Crippen LogP contribution in [-0.2, 0) is 11.3 Å². The van der Waals surface area contributed by atoms with Crippen LogP contribution in [0.5, 0.6) is 0 Å². The van der Waals surface area contributed by atoms with E-state index in [-0.39, 0.29) is 11.6 Å². The number of nitrogens with zero attached hydrogens (tertiary/aromatic N) is 2. The number of rotatable bonds is 6. The smallest absolute Gasteiger partial charge is 0.271 e. The molecule has 3 aromatic rings. The highest BCUT2D eigenvalue weighted by Crippen LogP contribution is 2.40. The van der Waals surface area contributed by atoms with Gasteiger partial charge in [0.25, 0.3) is 11.6 Å². The molecule has 0 spiro atoms. The molecule has 8 heteroatoms. The van der Waals surface area contributed by atoms with Gasteiger partial charge in [-0.05, 0) is 62.7 Å². The first kappa shape index (κ1) is 21.0. The zero-order valence-electron chi connectivity index (χ0n) is 18.3. The van der Waals surface area contributed by atoms with Gasteiger partial charge in [0.05, 0.1) is 28.1 Å². The number of non-ortho nitro benzene ring substituents is 1. The number of hydrogen-bond donors (Lipinski definition) is 2. The number of likely N-dealkylation sites (tertiary alicyclic amines) is 1. The molecule has 168 valence electrons. The average molecular weight is 444 g/mol. The topological polar surface area (TPSA) is 101 Å². The Labute approximate surface area is 191 Å². The number of aryl methyl sites for hydroxylation is 1. The van der Waals surface area contributed by atoms with Gasteiger partial charge in [0.1, 0.15) is 5.76 Å². The van der Waals surface area contributed by atoms with Gasteiger partial charge >= 0.3 is 0 Å². The highest BCUT2D eigenvalue weighted by Gasteiger charge is 2.31. The third-order valence-electron chi connectivity index (χ3n) is 6.16. The monoisotopic (exact) mass is 444 g/mol. The van der Waals surface area contributed by atoms with Gasteiger partial charge in [-0.1, -0.05) is 12.1 Å². The maximum atomic E-state index is 13.0. The normalized spacial score (nSPS) is 17.1. The van der Waals surface area contributed by atoms with Crippen LogP contribution in [0, 0.1) is 17.0 Å². The van der Waals surface area contributed by atoms with E-state index in [1.54, 1.807) is 12.3 Å². The van der Waals surface area contributed by atoms with Gasteiger partial charge in [-0.2, -0.15) is 0 Å². The van der Waals surface area contributed by atoms with Gasteiger partial charge in [-0.15, -0.1) is 0 Å². The number of furan rings is 1. The molecule has 1 fully saturated rings. The van der Waals surface area contributed by atoms with Gasteiger partial charge in [-0.3, -0.25) is 19.8 Å². The number of anilines is 2. The Hall–Kier alpha value is -3.91. The molecule has 0 aliphatic carbocycles. The van der Waals surface area contributed by atoms with Crippen molar-refractivity contribution in [1.82, 2.24) is 4.90 Å². The van der Waals surface area contributed by atoms with Crippen LogP contribution in [0.15, 0.2) is 59.2 Å². The predicted molar refractivity (Wildman–Crippen MR) is 127 cm³/mol. The third kappa shape index (κ3) is 4.12. The summed E-state index contributed by atoms with van der Waals surface area (Å²) >= 11 is 0. The molecule has 3 heterocycles. The number of fused-ring (bicyclic) bond motifs is 1. The Kier molecular flexibility index (Phi) is 5.43. The van der Waals surface area contributed by atoms with Crippen molar-refractivity contribution in [1.29, 1.82) is 0 Å². The Morgan fingerprint density at radius 3 is 2.58 bits per heavy atom. The summed E-state index contributed by atoms with van der Waals surface area (Å²) in [4.78, 5) is 26.1. The zero-order valence-corrected chi connectivity index (χ0v) is 18.3. The number of nitro benzene ring substituents is 1. The maximum Gasteiger partial charge on any atom is 0.271 e.